The molecule has 2 aliphatic heterocycles. The maximum Gasteiger partial charge on any atom is 0.414 e. The molecule has 2 heterocycles. The van der Waals surface area contributed by atoms with Crippen LogP contribution in [0.25, 0.3) is 0 Å². The molecule has 0 spiro atoms. The van der Waals surface area contributed by atoms with Gasteiger partial charge in [-0.2, -0.15) is 0 Å². The molecule has 3 rings (SSSR count). The van der Waals surface area contributed by atoms with Crippen LogP contribution in [0, 0.1) is 5.82 Å². The third kappa shape index (κ3) is 3.71. The van der Waals surface area contributed by atoms with Crippen molar-refractivity contribution in [1.29, 1.82) is 0 Å². The van der Waals surface area contributed by atoms with E-state index in [1.54, 1.807) is 29.0 Å². The molecule has 0 saturated carbocycles. The normalized spacial score (nSPS) is 20.4. The zero-order valence-corrected chi connectivity index (χ0v) is 14.7. The van der Waals surface area contributed by atoms with Crippen molar-refractivity contribution in [1.82, 2.24) is 10.2 Å². The van der Waals surface area contributed by atoms with Crippen LogP contribution in [0.3, 0.4) is 0 Å². The van der Waals surface area contributed by atoms with Gasteiger partial charge in [-0.25, -0.2) is 9.18 Å². The molecule has 1 atom stereocenters. The van der Waals surface area contributed by atoms with Gasteiger partial charge in [0.25, 0.3) is 0 Å². The molecular formula is C17H21FN4O4. The number of benzene rings is 1. The Hall–Kier alpha value is -2.84. The average molecular weight is 364 g/mol. The maximum atomic E-state index is 14.6. The molecule has 1 N–H and O–H groups in total. The van der Waals surface area contributed by atoms with Gasteiger partial charge in [0.1, 0.15) is 11.9 Å². The fourth-order valence-corrected chi connectivity index (χ4v) is 2.98. The number of carbonyl (C=O) groups is 3. The second-order valence-corrected chi connectivity index (χ2v) is 6.43. The molecule has 8 nitrogen and oxygen atoms in total. The highest BCUT2D eigenvalue weighted by Gasteiger charge is 2.33. The fourth-order valence-electron chi connectivity index (χ4n) is 2.98. The molecule has 0 bridgehead atoms. The smallest absolute Gasteiger partial charge is 0.414 e. The number of nitrogens with zero attached hydrogens (tertiary/aromatic N) is 3. The largest absolute Gasteiger partial charge is 0.442 e. The molecule has 1 aromatic rings. The predicted octanol–water partition coefficient (Wildman–Crippen LogP) is 0.565. The number of hydrogen-bond acceptors (Lipinski definition) is 5. The molecule has 140 valence electrons. The average Bonchev–Trinajstić information content (AvgIpc) is 2.96. The number of piperazine rings is 1. The van der Waals surface area contributed by atoms with Gasteiger partial charge in [-0.1, -0.05) is 0 Å². The van der Waals surface area contributed by atoms with E-state index in [0.29, 0.717) is 24.5 Å². The van der Waals surface area contributed by atoms with Gasteiger partial charge >= 0.3 is 6.09 Å². The first-order valence-electron chi connectivity index (χ1n) is 8.36. The van der Waals surface area contributed by atoms with Crippen molar-refractivity contribution in [3.63, 3.8) is 0 Å². The Morgan fingerprint density at radius 3 is 2.77 bits per heavy atom. The summed E-state index contributed by atoms with van der Waals surface area (Å²) in [7, 11) is 1.72. The minimum absolute atomic E-state index is 0.0661. The molecule has 1 aromatic carbocycles. The lowest BCUT2D eigenvalue weighted by atomic mass is 10.2. The number of hydrogen-bond donors (Lipinski definition) is 1. The zero-order valence-electron chi connectivity index (χ0n) is 14.7. The molecule has 2 aliphatic rings. The van der Waals surface area contributed by atoms with E-state index in [0.717, 1.165) is 0 Å². The summed E-state index contributed by atoms with van der Waals surface area (Å²) in [5, 5.41) is 2.59. The molecule has 0 aromatic heterocycles. The number of halogens is 1. The highest BCUT2D eigenvalue weighted by atomic mass is 19.1. The second kappa shape index (κ2) is 7.19. The molecule has 3 amide bonds. The number of cyclic esters (lactones) is 1. The van der Waals surface area contributed by atoms with Crippen molar-refractivity contribution in [2.45, 2.75) is 13.0 Å². The summed E-state index contributed by atoms with van der Waals surface area (Å²) < 4.78 is 19.8. The number of amides is 3. The van der Waals surface area contributed by atoms with Gasteiger partial charge in [-0.15, -0.1) is 0 Å². The van der Waals surface area contributed by atoms with Crippen LogP contribution in [0.15, 0.2) is 18.2 Å². The lowest BCUT2D eigenvalue weighted by Gasteiger charge is -2.33. The molecule has 1 unspecified atom stereocenters. The van der Waals surface area contributed by atoms with E-state index in [1.807, 2.05) is 0 Å². The Morgan fingerprint density at radius 1 is 1.35 bits per heavy atom. The molecular weight excluding hydrogens is 343 g/mol. The fraction of sp³-hybridized carbons (Fsp3) is 0.471. The molecule has 9 heteroatoms. The van der Waals surface area contributed by atoms with E-state index in [2.05, 4.69) is 5.32 Å². The summed E-state index contributed by atoms with van der Waals surface area (Å²) >= 11 is 0. The van der Waals surface area contributed by atoms with Crippen molar-refractivity contribution in [2.24, 2.45) is 0 Å². The van der Waals surface area contributed by atoms with Gasteiger partial charge in [0.2, 0.25) is 11.8 Å². The van der Waals surface area contributed by atoms with Crippen molar-refractivity contribution in [3.8, 4) is 0 Å². The number of rotatable bonds is 4. The van der Waals surface area contributed by atoms with Crippen LogP contribution in [-0.4, -0.2) is 68.7 Å². The van der Waals surface area contributed by atoms with Crippen LogP contribution in [0.1, 0.15) is 6.92 Å². The van der Waals surface area contributed by atoms with Crippen molar-refractivity contribution < 1.29 is 23.5 Å². The van der Waals surface area contributed by atoms with Gasteiger partial charge in [-0.3, -0.25) is 14.5 Å². The second-order valence-electron chi connectivity index (χ2n) is 6.43. The number of nitrogens with one attached hydrogen (secondary N) is 1. The summed E-state index contributed by atoms with van der Waals surface area (Å²) in [6.07, 6.45) is -1.06. The van der Waals surface area contributed by atoms with E-state index in [9.17, 15) is 18.8 Å². The summed E-state index contributed by atoms with van der Waals surface area (Å²) in [6.45, 7) is 3.02. The first-order valence-corrected chi connectivity index (χ1v) is 8.36. The Kier molecular flexibility index (Phi) is 4.97. The highest BCUT2D eigenvalue weighted by molar-refractivity contribution is 5.90. The van der Waals surface area contributed by atoms with E-state index in [1.165, 1.54) is 17.9 Å². The van der Waals surface area contributed by atoms with Crippen LogP contribution in [0.2, 0.25) is 0 Å². The van der Waals surface area contributed by atoms with E-state index in [-0.39, 0.29) is 31.4 Å². The standard InChI is InChI=1S/C17H21FN4O4/c1-11(23)19-8-13-9-22(17(25)26-13)12-3-4-15(14(18)7-12)21-6-5-20(2)16(24)10-21/h3-4,7,13H,5-6,8-10H2,1-2H3,(H,19,23). The Bertz CT molecular complexity index is 741. The minimum Gasteiger partial charge on any atom is -0.442 e. The first-order chi connectivity index (χ1) is 12.3. The van der Waals surface area contributed by atoms with Crippen LogP contribution >= 0.6 is 0 Å². The summed E-state index contributed by atoms with van der Waals surface area (Å²) in [5.41, 5.74) is 0.708. The highest BCUT2D eigenvalue weighted by Crippen LogP contribution is 2.28. The van der Waals surface area contributed by atoms with Crippen LogP contribution in [-0.2, 0) is 14.3 Å². The topological polar surface area (TPSA) is 82.2 Å². The minimum atomic E-state index is -0.581. The van der Waals surface area contributed by atoms with Crippen molar-refractivity contribution in [3.05, 3.63) is 24.0 Å². The lowest BCUT2D eigenvalue weighted by Crippen LogP contribution is -2.48. The summed E-state index contributed by atoms with van der Waals surface area (Å²) in [4.78, 5) is 39.4. The molecule has 26 heavy (non-hydrogen) atoms. The van der Waals surface area contributed by atoms with Gasteiger partial charge in [0.05, 0.1) is 31.0 Å². The monoisotopic (exact) mass is 364 g/mol. The Morgan fingerprint density at radius 2 is 2.12 bits per heavy atom. The SMILES string of the molecule is CC(=O)NCC1CN(c2ccc(N3CCN(C)C(=O)C3)c(F)c2)C(=O)O1. The molecule has 0 aliphatic carbocycles. The number of anilines is 2. The van der Waals surface area contributed by atoms with Gasteiger partial charge in [0, 0.05) is 27.1 Å². The third-order valence-electron chi connectivity index (χ3n) is 4.49. The van der Waals surface area contributed by atoms with Crippen LogP contribution < -0.4 is 15.1 Å². The summed E-state index contributed by atoms with van der Waals surface area (Å²) in [5.74, 6) is -0.779. The van der Waals surface area contributed by atoms with E-state index in [4.69, 9.17) is 4.74 Å². The predicted molar refractivity (Wildman–Crippen MR) is 92.5 cm³/mol. The lowest BCUT2D eigenvalue weighted by molar-refractivity contribution is -0.129. The number of ether oxygens (including phenoxy) is 1. The molecule has 2 fully saturated rings. The molecule has 2 saturated heterocycles. The van der Waals surface area contributed by atoms with Crippen molar-refractivity contribution in [2.75, 3.05) is 49.6 Å². The van der Waals surface area contributed by atoms with Crippen molar-refractivity contribution >= 4 is 29.3 Å². The Balaban J connectivity index is 1.70. The third-order valence-corrected chi connectivity index (χ3v) is 4.49. The van der Waals surface area contributed by atoms with Gasteiger partial charge in [0.15, 0.2) is 0 Å². The maximum absolute atomic E-state index is 14.6. The Labute approximate surface area is 150 Å². The van der Waals surface area contributed by atoms with Gasteiger partial charge in [-0.05, 0) is 18.2 Å². The quantitative estimate of drug-likeness (QED) is 0.845. The summed E-state index contributed by atoms with van der Waals surface area (Å²) in [6, 6.07) is 4.46. The van der Waals surface area contributed by atoms with E-state index < -0.39 is 18.0 Å². The first kappa shape index (κ1) is 18.0. The molecule has 0 radical (unpaired) electrons. The zero-order chi connectivity index (χ0) is 18.8. The van der Waals surface area contributed by atoms with Gasteiger partial charge < -0.3 is 19.9 Å². The number of likely N-dealkylation sites (N-methyl/N-ethyl adjacent to an activating group) is 1. The van der Waals surface area contributed by atoms with Crippen LogP contribution in [0.5, 0.6) is 0 Å². The number of carbonyl (C=O) groups excluding carboxylic acids is 3. The van der Waals surface area contributed by atoms with Crippen LogP contribution in [0.4, 0.5) is 20.6 Å². The van der Waals surface area contributed by atoms with E-state index >= 15 is 0 Å².